The van der Waals surface area contributed by atoms with E-state index >= 15 is 0 Å². The number of fused-ring (bicyclic) bond motifs is 1. The molecule has 1 heterocycles. The number of alkyl halides is 3. The number of benzene rings is 1. The van der Waals surface area contributed by atoms with Gasteiger partial charge in [0.25, 0.3) is 0 Å². The molecular weight excluding hydrogens is 279 g/mol. The first kappa shape index (κ1) is 16.1. The molecule has 0 amide bonds. The maximum Gasteiger partial charge on any atom is 0.389 e. The molecule has 1 aliphatic rings. The summed E-state index contributed by atoms with van der Waals surface area (Å²) in [5.41, 5.74) is 0.541. The van der Waals surface area contributed by atoms with E-state index in [0.717, 1.165) is 17.9 Å². The van der Waals surface area contributed by atoms with Gasteiger partial charge in [-0.25, -0.2) is 0 Å². The standard InChI is InChI=1S/C16H22F3NO/c1-3-20-13-11-15(2,9-6-10-16(17,18)19)21-14-8-5-4-7-12(13)14/h4-5,7-8,13,20H,3,6,9-11H2,1-2H3. The highest BCUT2D eigenvalue weighted by Gasteiger charge is 2.37. The molecule has 5 heteroatoms. The van der Waals surface area contributed by atoms with Crippen molar-refractivity contribution < 1.29 is 17.9 Å². The summed E-state index contributed by atoms with van der Waals surface area (Å²) in [4.78, 5) is 0. The average molecular weight is 301 g/mol. The van der Waals surface area contributed by atoms with Crippen LogP contribution in [0.4, 0.5) is 13.2 Å². The molecule has 0 radical (unpaired) electrons. The van der Waals surface area contributed by atoms with Crippen LogP contribution in [0, 0.1) is 0 Å². The lowest BCUT2D eigenvalue weighted by Crippen LogP contribution is -2.42. The van der Waals surface area contributed by atoms with E-state index in [1.807, 2.05) is 38.1 Å². The molecule has 2 nitrogen and oxygen atoms in total. The molecule has 2 atom stereocenters. The van der Waals surface area contributed by atoms with Crippen molar-refractivity contribution in [3.63, 3.8) is 0 Å². The molecule has 1 aromatic carbocycles. The van der Waals surface area contributed by atoms with Crippen molar-refractivity contribution in [2.45, 2.75) is 57.3 Å². The monoisotopic (exact) mass is 301 g/mol. The largest absolute Gasteiger partial charge is 0.487 e. The van der Waals surface area contributed by atoms with Crippen LogP contribution in [0.2, 0.25) is 0 Å². The number of hydrogen-bond acceptors (Lipinski definition) is 2. The summed E-state index contributed by atoms with van der Waals surface area (Å²) >= 11 is 0. The van der Waals surface area contributed by atoms with Gasteiger partial charge < -0.3 is 10.1 Å². The van der Waals surface area contributed by atoms with Crippen LogP contribution >= 0.6 is 0 Å². The Labute approximate surface area is 123 Å². The summed E-state index contributed by atoms with van der Waals surface area (Å²) in [6.07, 6.45) is -3.65. The fourth-order valence-electron chi connectivity index (χ4n) is 2.95. The van der Waals surface area contributed by atoms with E-state index in [1.165, 1.54) is 0 Å². The van der Waals surface area contributed by atoms with Gasteiger partial charge in [-0.1, -0.05) is 25.1 Å². The average Bonchev–Trinajstić information content (AvgIpc) is 2.37. The minimum atomic E-state index is -4.09. The smallest absolute Gasteiger partial charge is 0.389 e. The fraction of sp³-hybridized carbons (Fsp3) is 0.625. The lowest BCUT2D eigenvalue weighted by atomic mass is 9.85. The Morgan fingerprint density at radius 3 is 2.71 bits per heavy atom. The van der Waals surface area contributed by atoms with E-state index in [0.29, 0.717) is 12.8 Å². The molecule has 0 aliphatic carbocycles. The van der Waals surface area contributed by atoms with Crippen molar-refractivity contribution >= 4 is 0 Å². The van der Waals surface area contributed by atoms with Crippen molar-refractivity contribution in [3.05, 3.63) is 29.8 Å². The highest BCUT2D eigenvalue weighted by molar-refractivity contribution is 5.38. The van der Waals surface area contributed by atoms with Crippen LogP contribution in [0.1, 0.15) is 51.1 Å². The Hall–Kier alpha value is -1.23. The van der Waals surface area contributed by atoms with Crippen LogP contribution < -0.4 is 10.1 Å². The summed E-state index contributed by atoms with van der Waals surface area (Å²) in [7, 11) is 0. The third-order valence-corrected chi connectivity index (χ3v) is 3.90. The number of ether oxygens (including phenoxy) is 1. The van der Waals surface area contributed by atoms with Crippen molar-refractivity contribution in [2.75, 3.05) is 6.54 Å². The predicted octanol–water partition coefficient (Wildman–Crippen LogP) is 4.61. The van der Waals surface area contributed by atoms with E-state index in [1.54, 1.807) is 0 Å². The minimum Gasteiger partial charge on any atom is -0.487 e. The fourth-order valence-corrected chi connectivity index (χ4v) is 2.95. The maximum atomic E-state index is 12.3. The van der Waals surface area contributed by atoms with Crippen LogP contribution in [0.15, 0.2) is 24.3 Å². The van der Waals surface area contributed by atoms with Crippen molar-refractivity contribution in [3.8, 4) is 5.75 Å². The third-order valence-electron chi connectivity index (χ3n) is 3.90. The molecule has 118 valence electrons. The first-order chi connectivity index (χ1) is 9.83. The number of para-hydroxylation sites is 1. The van der Waals surface area contributed by atoms with E-state index in [9.17, 15) is 13.2 Å². The van der Waals surface area contributed by atoms with Crippen LogP contribution in [0.5, 0.6) is 5.75 Å². The molecule has 0 saturated heterocycles. The Morgan fingerprint density at radius 2 is 2.05 bits per heavy atom. The Morgan fingerprint density at radius 1 is 1.33 bits per heavy atom. The van der Waals surface area contributed by atoms with E-state index in [4.69, 9.17) is 4.74 Å². The van der Waals surface area contributed by atoms with Crippen LogP contribution in [-0.4, -0.2) is 18.3 Å². The van der Waals surface area contributed by atoms with Crippen molar-refractivity contribution in [2.24, 2.45) is 0 Å². The number of nitrogens with one attached hydrogen (secondary N) is 1. The molecule has 21 heavy (non-hydrogen) atoms. The molecule has 2 unspecified atom stereocenters. The van der Waals surface area contributed by atoms with Gasteiger partial charge in [0.1, 0.15) is 11.4 Å². The van der Waals surface area contributed by atoms with Gasteiger partial charge in [0, 0.05) is 24.4 Å². The van der Waals surface area contributed by atoms with Crippen LogP contribution in [0.3, 0.4) is 0 Å². The zero-order valence-corrected chi connectivity index (χ0v) is 12.5. The molecule has 0 bridgehead atoms. The SMILES string of the molecule is CCNC1CC(C)(CCCC(F)(F)F)Oc2ccccc21. The van der Waals surface area contributed by atoms with E-state index < -0.39 is 18.2 Å². The topological polar surface area (TPSA) is 21.3 Å². The minimum absolute atomic E-state index is 0.0982. The van der Waals surface area contributed by atoms with Gasteiger partial charge in [-0.3, -0.25) is 0 Å². The zero-order valence-electron chi connectivity index (χ0n) is 12.5. The van der Waals surface area contributed by atoms with E-state index in [2.05, 4.69) is 5.32 Å². The second kappa shape index (κ2) is 6.26. The first-order valence-electron chi connectivity index (χ1n) is 7.41. The molecule has 1 aliphatic heterocycles. The molecular formula is C16H22F3NO. The van der Waals surface area contributed by atoms with Crippen molar-refractivity contribution in [1.29, 1.82) is 0 Å². The number of hydrogen-bond donors (Lipinski definition) is 1. The highest BCUT2D eigenvalue weighted by atomic mass is 19.4. The normalized spacial score (nSPS) is 25.3. The van der Waals surface area contributed by atoms with Gasteiger partial charge in [-0.2, -0.15) is 13.2 Å². The Balaban J connectivity index is 2.08. The van der Waals surface area contributed by atoms with Gasteiger partial charge in [0.15, 0.2) is 0 Å². The zero-order chi connectivity index (χ0) is 15.5. The Kier molecular flexibility index (Phi) is 4.81. The Bertz CT molecular complexity index is 475. The van der Waals surface area contributed by atoms with Crippen LogP contribution in [-0.2, 0) is 0 Å². The molecule has 1 N–H and O–H groups in total. The van der Waals surface area contributed by atoms with Gasteiger partial charge in [0.2, 0.25) is 0 Å². The molecule has 0 fully saturated rings. The predicted molar refractivity (Wildman–Crippen MR) is 76.4 cm³/mol. The molecule has 0 spiro atoms. The lowest BCUT2D eigenvalue weighted by molar-refractivity contribution is -0.137. The number of halogens is 3. The number of rotatable bonds is 5. The van der Waals surface area contributed by atoms with Gasteiger partial charge in [-0.05, 0) is 32.4 Å². The molecule has 2 rings (SSSR count). The maximum absolute atomic E-state index is 12.3. The van der Waals surface area contributed by atoms with E-state index in [-0.39, 0.29) is 12.5 Å². The summed E-state index contributed by atoms with van der Waals surface area (Å²) in [5.74, 6) is 0.782. The second-order valence-electron chi connectivity index (χ2n) is 5.87. The molecule has 0 aromatic heterocycles. The summed E-state index contributed by atoms with van der Waals surface area (Å²) in [6.45, 7) is 4.75. The lowest BCUT2D eigenvalue weighted by Gasteiger charge is -2.40. The first-order valence-corrected chi connectivity index (χ1v) is 7.41. The highest BCUT2D eigenvalue weighted by Crippen LogP contribution is 2.42. The molecule has 0 saturated carbocycles. The summed E-state index contributed by atoms with van der Waals surface area (Å²) in [6, 6.07) is 7.89. The summed E-state index contributed by atoms with van der Waals surface area (Å²) < 4.78 is 43.0. The quantitative estimate of drug-likeness (QED) is 0.857. The van der Waals surface area contributed by atoms with Crippen molar-refractivity contribution in [1.82, 2.24) is 5.32 Å². The summed E-state index contributed by atoms with van der Waals surface area (Å²) in [5, 5.41) is 3.40. The third kappa shape index (κ3) is 4.37. The second-order valence-corrected chi connectivity index (χ2v) is 5.87. The van der Waals surface area contributed by atoms with Gasteiger partial charge in [0.05, 0.1) is 0 Å². The van der Waals surface area contributed by atoms with Crippen LogP contribution in [0.25, 0.3) is 0 Å². The molecule has 1 aromatic rings. The van der Waals surface area contributed by atoms with Gasteiger partial charge in [-0.15, -0.1) is 0 Å². The van der Waals surface area contributed by atoms with Gasteiger partial charge >= 0.3 is 6.18 Å².